The summed E-state index contributed by atoms with van der Waals surface area (Å²) in [6, 6.07) is -0.217. The van der Waals surface area contributed by atoms with E-state index in [0.717, 1.165) is 0 Å². The number of ether oxygens (including phenoxy) is 1. The third-order valence-electron chi connectivity index (χ3n) is 4.00. The Bertz CT molecular complexity index is 647. The van der Waals surface area contributed by atoms with E-state index < -0.39 is 24.0 Å². The summed E-state index contributed by atoms with van der Waals surface area (Å²) in [5, 5.41) is 0. The van der Waals surface area contributed by atoms with E-state index in [0.29, 0.717) is 11.3 Å². The number of carbonyl (C=O) groups excluding carboxylic acids is 1. The number of guanidine groups is 1. The SMILES string of the molecule is COC(=O)c1cc2c(cn1)N=C(N)N1[C@@H]2CC(F)(F)[C@@H]1C. The van der Waals surface area contributed by atoms with Crippen LogP contribution in [0.15, 0.2) is 17.3 Å². The second-order valence-electron chi connectivity index (χ2n) is 5.15. The van der Waals surface area contributed by atoms with Crippen LogP contribution in [0.25, 0.3) is 0 Å². The lowest BCUT2D eigenvalue weighted by Gasteiger charge is -2.33. The minimum Gasteiger partial charge on any atom is -0.464 e. The molecule has 2 atom stereocenters. The topological polar surface area (TPSA) is 80.8 Å². The third-order valence-corrected chi connectivity index (χ3v) is 4.00. The van der Waals surface area contributed by atoms with Crippen molar-refractivity contribution in [3.8, 4) is 0 Å². The van der Waals surface area contributed by atoms with Crippen LogP contribution in [0.3, 0.4) is 0 Å². The molecule has 1 fully saturated rings. The zero-order valence-corrected chi connectivity index (χ0v) is 11.5. The number of pyridine rings is 1. The predicted molar refractivity (Wildman–Crippen MR) is 70.5 cm³/mol. The van der Waals surface area contributed by atoms with Crippen molar-refractivity contribution in [1.82, 2.24) is 9.88 Å². The smallest absolute Gasteiger partial charge is 0.356 e. The third kappa shape index (κ3) is 1.93. The van der Waals surface area contributed by atoms with Crippen LogP contribution in [-0.4, -0.2) is 40.9 Å². The number of methoxy groups -OCH3 is 1. The summed E-state index contributed by atoms with van der Waals surface area (Å²) in [6.07, 6.45) is 0.981. The summed E-state index contributed by atoms with van der Waals surface area (Å²) < 4.78 is 32.5. The van der Waals surface area contributed by atoms with Crippen LogP contribution in [0.4, 0.5) is 14.5 Å². The van der Waals surface area contributed by atoms with Gasteiger partial charge in [-0.25, -0.2) is 23.6 Å². The Morgan fingerprint density at radius 2 is 2.29 bits per heavy atom. The van der Waals surface area contributed by atoms with E-state index in [2.05, 4.69) is 14.7 Å². The minimum absolute atomic E-state index is 0.0461. The molecule has 0 aromatic carbocycles. The predicted octanol–water partition coefficient (Wildman–Crippen LogP) is 1.60. The highest BCUT2D eigenvalue weighted by atomic mass is 19.3. The van der Waals surface area contributed by atoms with Crippen LogP contribution in [-0.2, 0) is 4.74 Å². The lowest BCUT2D eigenvalue weighted by Crippen LogP contribution is -2.46. The summed E-state index contributed by atoms with van der Waals surface area (Å²) in [5.41, 5.74) is 6.78. The number of hydrogen-bond donors (Lipinski definition) is 1. The van der Waals surface area contributed by atoms with Gasteiger partial charge in [0.2, 0.25) is 0 Å². The first-order valence-corrected chi connectivity index (χ1v) is 6.43. The van der Waals surface area contributed by atoms with E-state index in [9.17, 15) is 13.6 Å². The van der Waals surface area contributed by atoms with Gasteiger partial charge < -0.3 is 15.4 Å². The molecule has 0 spiro atoms. The van der Waals surface area contributed by atoms with Gasteiger partial charge in [-0.2, -0.15) is 0 Å². The zero-order valence-electron chi connectivity index (χ0n) is 11.5. The molecule has 21 heavy (non-hydrogen) atoms. The Morgan fingerprint density at radius 3 is 2.95 bits per heavy atom. The molecule has 3 heterocycles. The maximum atomic E-state index is 14.0. The number of rotatable bonds is 1. The molecule has 3 rings (SSSR count). The Labute approximate surface area is 119 Å². The van der Waals surface area contributed by atoms with Gasteiger partial charge in [0.15, 0.2) is 5.96 Å². The van der Waals surface area contributed by atoms with Crippen molar-refractivity contribution < 1.29 is 18.3 Å². The average Bonchev–Trinajstić information content (AvgIpc) is 2.69. The highest BCUT2D eigenvalue weighted by molar-refractivity contribution is 5.89. The minimum atomic E-state index is -2.87. The van der Waals surface area contributed by atoms with Crippen molar-refractivity contribution in [3.63, 3.8) is 0 Å². The first-order chi connectivity index (χ1) is 9.85. The Kier molecular flexibility index (Phi) is 2.86. The number of halogens is 2. The van der Waals surface area contributed by atoms with Crippen LogP contribution >= 0.6 is 0 Å². The summed E-state index contributed by atoms with van der Waals surface area (Å²) in [6.45, 7) is 1.41. The van der Waals surface area contributed by atoms with Gasteiger partial charge in [-0.05, 0) is 13.0 Å². The molecular weight excluding hydrogens is 282 g/mol. The Balaban J connectivity index is 2.10. The second kappa shape index (κ2) is 4.37. The number of nitrogens with zero attached hydrogens (tertiary/aromatic N) is 3. The maximum Gasteiger partial charge on any atom is 0.356 e. The van der Waals surface area contributed by atoms with Crippen LogP contribution in [0.5, 0.6) is 0 Å². The van der Waals surface area contributed by atoms with Gasteiger partial charge in [0, 0.05) is 12.0 Å². The molecule has 0 saturated carbocycles. The number of fused-ring (bicyclic) bond motifs is 3. The van der Waals surface area contributed by atoms with Crippen molar-refractivity contribution in [1.29, 1.82) is 0 Å². The van der Waals surface area contributed by atoms with Crippen LogP contribution in [0, 0.1) is 0 Å². The molecule has 0 bridgehead atoms. The fourth-order valence-corrected chi connectivity index (χ4v) is 2.84. The first kappa shape index (κ1) is 13.7. The molecule has 2 N–H and O–H groups in total. The van der Waals surface area contributed by atoms with Crippen LogP contribution < -0.4 is 5.73 Å². The number of aliphatic imine (C=N–C) groups is 1. The fraction of sp³-hybridized carbons (Fsp3) is 0.462. The van der Waals surface area contributed by atoms with Crippen LogP contribution in [0.2, 0.25) is 0 Å². The molecule has 0 amide bonds. The van der Waals surface area contributed by atoms with E-state index >= 15 is 0 Å². The normalized spacial score (nSPS) is 25.9. The summed E-state index contributed by atoms with van der Waals surface area (Å²) >= 11 is 0. The zero-order chi connectivity index (χ0) is 15.4. The van der Waals surface area contributed by atoms with E-state index in [4.69, 9.17) is 5.73 Å². The maximum absolute atomic E-state index is 14.0. The molecule has 6 nitrogen and oxygen atoms in total. The molecule has 2 aliphatic heterocycles. The van der Waals surface area contributed by atoms with E-state index in [-0.39, 0.29) is 18.1 Å². The first-order valence-electron chi connectivity index (χ1n) is 6.43. The Morgan fingerprint density at radius 1 is 1.57 bits per heavy atom. The van der Waals surface area contributed by atoms with Gasteiger partial charge in [-0.1, -0.05) is 0 Å². The highest BCUT2D eigenvalue weighted by Crippen LogP contribution is 2.49. The number of esters is 1. The van der Waals surface area contributed by atoms with Crippen molar-refractivity contribution in [2.45, 2.75) is 31.4 Å². The van der Waals surface area contributed by atoms with Crippen molar-refractivity contribution >= 4 is 17.6 Å². The number of aromatic nitrogens is 1. The Hall–Kier alpha value is -2.25. The number of nitrogens with two attached hydrogens (primary N) is 1. The van der Waals surface area contributed by atoms with Gasteiger partial charge in [-0.3, -0.25) is 0 Å². The van der Waals surface area contributed by atoms with E-state index in [1.54, 1.807) is 0 Å². The molecule has 1 aromatic heterocycles. The standard InChI is InChI=1S/C13H14F2N4O2/c1-6-13(14,15)4-10-7-3-8(11(20)21-2)17-5-9(7)18-12(16)19(6)10/h3,5-6,10H,4H2,1-2H3,(H2,16,18)/t6-,10+/m0/s1. The van der Waals surface area contributed by atoms with Gasteiger partial charge in [0.25, 0.3) is 5.92 Å². The van der Waals surface area contributed by atoms with Gasteiger partial charge in [-0.15, -0.1) is 0 Å². The molecule has 0 unspecified atom stereocenters. The molecule has 2 aliphatic rings. The summed E-state index contributed by atoms with van der Waals surface area (Å²) in [4.78, 5) is 21.0. The van der Waals surface area contributed by atoms with Crippen molar-refractivity contribution in [2.24, 2.45) is 10.7 Å². The molecule has 0 aliphatic carbocycles. The number of carbonyl (C=O) groups is 1. The van der Waals surface area contributed by atoms with Gasteiger partial charge in [0.05, 0.1) is 31.1 Å². The van der Waals surface area contributed by atoms with Crippen LogP contribution in [0.1, 0.15) is 35.4 Å². The fourth-order valence-electron chi connectivity index (χ4n) is 2.84. The van der Waals surface area contributed by atoms with E-state index in [1.165, 1.54) is 31.2 Å². The largest absolute Gasteiger partial charge is 0.464 e. The summed E-state index contributed by atoms with van der Waals surface area (Å²) in [5.74, 6) is -3.45. The van der Waals surface area contributed by atoms with Crippen molar-refractivity contribution in [3.05, 3.63) is 23.5 Å². The highest BCUT2D eigenvalue weighted by Gasteiger charge is 2.54. The van der Waals surface area contributed by atoms with E-state index in [1.807, 2.05) is 0 Å². The van der Waals surface area contributed by atoms with Gasteiger partial charge >= 0.3 is 5.97 Å². The lowest BCUT2D eigenvalue weighted by molar-refractivity contribution is -0.0169. The summed E-state index contributed by atoms with van der Waals surface area (Å²) in [7, 11) is 1.23. The molecule has 112 valence electrons. The molecule has 1 saturated heterocycles. The van der Waals surface area contributed by atoms with Gasteiger partial charge in [0.1, 0.15) is 5.69 Å². The monoisotopic (exact) mass is 296 g/mol. The molecular formula is C13H14F2N4O2. The second-order valence-corrected chi connectivity index (χ2v) is 5.15. The number of hydrogen-bond acceptors (Lipinski definition) is 6. The lowest BCUT2D eigenvalue weighted by atomic mass is 10.0. The number of alkyl halides is 2. The quantitative estimate of drug-likeness (QED) is 0.796. The molecule has 0 radical (unpaired) electrons. The molecule has 1 aromatic rings. The average molecular weight is 296 g/mol. The van der Waals surface area contributed by atoms with Crippen molar-refractivity contribution in [2.75, 3.05) is 7.11 Å². The molecule has 8 heteroatoms.